The summed E-state index contributed by atoms with van der Waals surface area (Å²) in [5.41, 5.74) is 0.883. The van der Waals surface area contributed by atoms with Gasteiger partial charge < -0.3 is 9.52 Å². The van der Waals surface area contributed by atoms with Crippen molar-refractivity contribution in [2.75, 3.05) is 0 Å². The van der Waals surface area contributed by atoms with Crippen molar-refractivity contribution in [1.82, 2.24) is 9.97 Å². The molecule has 19 heavy (non-hydrogen) atoms. The summed E-state index contributed by atoms with van der Waals surface area (Å²) >= 11 is 1.29. The van der Waals surface area contributed by atoms with Gasteiger partial charge in [-0.2, -0.15) is 0 Å². The molecule has 2 aromatic heterocycles. The SMILES string of the molecule is O=C(O)c1cccc2nc(Sc3ncco3)ccc12. The van der Waals surface area contributed by atoms with Crippen LogP contribution < -0.4 is 0 Å². The lowest BCUT2D eigenvalue weighted by molar-refractivity contribution is 0.0699. The van der Waals surface area contributed by atoms with Gasteiger partial charge in [0.2, 0.25) is 0 Å². The lowest BCUT2D eigenvalue weighted by atomic mass is 10.1. The Morgan fingerprint density at radius 2 is 2.16 bits per heavy atom. The molecule has 0 fully saturated rings. The van der Waals surface area contributed by atoms with E-state index in [0.717, 1.165) is 0 Å². The molecule has 0 bridgehead atoms. The number of hydrogen-bond donors (Lipinski definition) is 1. The van der Waals surface area contributed by atoms with Gasteiger partial charge in [-0.3, -0.25) is 0 Å². The van der Waals surface area contributed by atoms with Gasteiger partial charge in [0.1, 0.15) is 11.3 Å². The molecule has 0 saturated carbocycles. The number of hydrogen-bond acceptors (Lipinski definition) is 5. The fraction of sp³-hybridized carbons (Fsp3) is 0. The van der Waals surface area contributed by atoms with E-state index in [2.05, 4.69) is 9.97 Å². The topological polar surface area (TPSA) is 76.2 Å². The molecule has 3 aromatic rings. The summed E-state index contributed by atoms with van der Waals surface area (Å²) in [6, 6.07) is 8.52. The number of rotatable bonds is 3. The van der Waals surface area contributed by atoms with Gasteiger partial charge in [-0.1, -0.05) is 6.07 Å². The Kier molecular flexibility index (Phi) is 2.92. The monoisotopic (exact) mass is 272 g/mol. The van der Waals surface area contributed by atoms with Crippen molar-refractivity contribution in [3.8, 4) is 0 Å². The molecule has 0 radical (unpaired) electrons. The first-order chi connectivity index (χ1) is 9.24. The molecular formula is C13H8N2O3S. The number of aromatic nitrogens is 2. The molecule has 94 valence electrons. The lowest BCUT2D eigenvalue weighted by Crippen LogP contribution is -1.97. The van der Waals surface area contributed by atoms with Crippen molar-refractivity contribution in [3.05, 3.63) is 48.4 Å². The second-order valence-corrected chi connectivity index (χ2v) is 4.70. The standard InChI is InChI=1S/C13H8N2O3S/c16-12(17)9-2-1-3-10-8(9)4-5-11(15-10)19-13-14-6-7-18-13/h1-7H,(H,16,17). The average molecular weight is 272 g/mol. The molecule has 0 saturated heterocycles. The Morgan fingerprint density at radius 1 is 1.26 bits per heavy atom. The van der Waals surface area contributed by atoms with Crippen LogP contribution in [0.4, 0.5) is 0 Å². The van der Waals surface area contributed by atoms with Crippen LogP contribution in [-0.4, -0.2) is 21.0 Å². The van der Waals surface area contributed by atoms with Gasteiger partial charge in [0.15, 0.2) is 0 Å². The number of aromatic carboxylic acids is 1. The van der Waals surface area contributed by atoms with Crippen molar-refractivity contribution in [3.63, 3.8) is 0 Å². The maximum Gasteiger partial charge on any atom is 0.336 e. The molecule has 0 amide bonds. The van der Waals surface area contributed by atoms with Crippen molar-refractivity contribution in [1.29, 1.82) is 0 Å². The van der Waals surface area contributed by atoms with E-state index < -0.39 is 5.97 Å². The first-order valence-electron chi connectivity index (χ1n) is 5.44. The molecule has 0 spiro atoms. The zero-order valence-electron chi connectivity index (χ0n) is 9.61. The Bertz CT molecular complexity index is 741. The summed E-state index contributed by atoms with van der Waals surface area (Å²) < 4.78 is 5.13. The summed E-state index contributed by atoms with van der Waals surface area (Å²) in [5, 5.41) is 10.9. The molecule has 2 heterocycles. The molecule has 6 heteroatoms. The van der Waals surface area contributed by atoms with E-state index in [1.807, 2.05) is 0 Å². The third-order valence-electron chi connectivity index (χ3n) is 2.54. The van der Waals surface area contributed by atoms with Crippen molar-refractivity contribution in [2.45, 2.75) is 10.2 Å². The highest BCUT2D eigenvalue weighted by atomic mass is 32.2. The molecule has 0 unspecified atom stereocenters. The number of carboxylic acids is 1. The third-order valence-corrected chi connectivity index (χ3v) is 3.35. The minimum Gasteiger partial charge on any atom is -0.478 e. The van der Waals surface area contributed by atoms with Crippen LogP contribution in [-0.2, 0) is 0 Å². The number of carbonyl (C=O) groups is 1. The van der Waals surface area contributed by atoms with E-state index >= 15 is 0 Å². The smallest absolute Gasteiger partial charge is 0.336 e. The highest BCUT2D eigenvalue weighted by Gasteiger charge is 2.10. The number of fused-ring (bicyclic) bond motifs is 1. The van der Waals surface area contributed by atoms with Crippen LogP contribution in [0.5, 0.6) is 0 Å². The predicted molar refractivity (Wildman–Crippen MR) is 69.3 cm³/mol. The summed E-state index contributed by atoms with van der Waals surface area (Å²) in [6.45, 7) is 0. The van der Waals surface area contributed by atoms with Crippen LogP contribution in [0.2, 0.25) is 0 Å². The molecule has 0 aliphatic carbocycles. The molecule has 1 N–H and O–H groups in total. The zero-order valence-corrected chi connectivity index (χ0v) is 10.4. The van der Waals surface area contributed by atoms with Crippen molar-refractivity contribution in [2.24, 2.45) is 0 Å². The first kappa shape index (κ1) is 11.7. The van der Waals surface area contributed by atoms with E-state index in [4.69, 9.17) is 9.52 Å². The number of benzene rings is 1. The molecular weight excluding hydrogens is 264 g/mol. The minimum atomic E-state index is -0.958. The van der Waals surface area contributed by atoms with Gasteiger partial charge in [-0.15, -0.1) is 0 Å². The van der Waals surface area contributed by atoms with E-state index in [1.54, 1.807) is 36.5 Å². The Hall–Kier alpha value is -2.34. The summed E-state index contributed by atoms with van der Waals surface area (Å²) in [4.78, 5) is 19.5. The number of pyridine rings is 1. The Morgan fingerprint density at radius 3 is 2.89 bits per heavy atom. The highest BCUT2D eigenvalue weighted by Crippen LogP contribution is 2.27. The lowest BCUT2D eigenvalue weighted by Gasteiger charge is -2.03. The fourth-order valence-electron chi connectivity index (χ4n) is 1.73. The normalized spacial score (nSPS) is 10.7. The van der Waals surface area contributed by atoms with Crippen LogP contribution in [0.25, 0.3) is 10.9 Å². The van der Waals surface area contributed by atoms with Gasteiger partial charge in [-0.25, -0.2) is 14.8 Å². The molecule has 0 aliphatic heterocycles. The maximum atomic E-state index is 11.1. The van der Waals surface area contributed by atoms with E-state index in [9.17, 15) is 4.79 Å². The molecule has 3 rings (SSSR count). The molecule has 0 atom stereocenters. The van der Waals surface area contributed by atoms with E-state index in [0.29, 0.717) is 21.2 Å². The van der Waals surface area contributed by atoms with Gasteiger partial charge in [0, 0.05) is 5.39 Å². The van der Waals surface area contributed by atoms with E-state index in [1.165, 1.54) is 18.0 Å². The largest absolute Gasteiger partial charge is 0.478 e. The maximum absolute atomic E-state index is 11.1. The van der Waals surface area contributed by atoms with Gasteiger partial charge in [0.05, 0.1) is 17.3 Å². The van der Waals surface area contributed by atoms with Crippen molar-refractivity contribution < 1.29 is 14.3 Å². The number of nitrogens with zero attached hydrogens (tertiary/aromatic N) is 2. The predicted octanol–water partition coefficient (Wildman–Crippen LogP) is 3.07. The third kappa shape index (κ3) is 2.30. The van der Waals surface area contributed by atoms with Crippen LogP contribution in [0.3, 0.4) is 0 Å². The van der Waals surface area contributed by atoms with Crippen LogP contribution in [0, 0.1) is 0 Å². The molecule has 5 nitrogen and oxygen atoms in total. The quantitative estimate of drug-likeness (QED) is 0.789. The zero-order chi connectivity index (χ0) is 13.2. The summed E-state index contributed by atoms with van der Waals surface area (Å²) in [6.07, 6.45) is 3.05. The Balaban J connectivity index is 2.04. The molecule has 1 aromatic carbocycles. The first-order valence-corrected chi connectivity index (χ1v) is 6.26. The van der Waals surface area contributed by atoms with Crippen LogP contribution in [0.1, 0.15) is 10.4 Å². The van der Waals surface area contributed by atoms with Gasteiger partial charge in [0.25, 0.3) is 5.22 Å². The second kappa shape index (κ2) is 4.74. The summed E-state index contributed by atoms with van der Waals surface area (Å²) in [7, 11) is 0. The van der Waals surface area contributed by atoms with E-state index in [-0.39, 0.29) is 5.56 Å². The number of carboxylic acid groups (broad SMARTS) is 1. The van der Waals surface area contributed by atoms with Crippen LogP contribution >= 0.6 is 11.8 Å². The van der Waals surface area contributed by atoms with Gasteiger partial charge >= 0.3 is 5.97 Å². The summed E-state index contributed by atoms with van der Waals surface area (Å²) in [5.74, 6) is -0.958. The van der Waals surface area contributed by atoms with Crippen molar-refractivity contribution >= 4 is 28.6 Å². The van der Waals surface area contributed by atoms with Gasteiger partial charge in [-0.05, 0) is 36.0 Å². The fourth-order valence-corrected chi connectivity index (χ4v) is 2.41. The molecule has 0 aliphatic rings. The second-order valence-electron chi connectivity index (χ2n) is 3.73. The average Bonchev–Trinajstić information content (AvgIpc) is 2.90. The Labute approximate surface area is 112 Å². The van der Waals surface area contributed by atoms with Crippen LogP contribution in [0.15, 0.2) is 57.5 Å². The highest BCUT2D eigenvalue weighted by molar-refractivity contribution is 7.99. The number of oxazole rings is 1. The minimum absolute atomic E-state index is 0.248.